The Morgan fingerprint density at radius 1 is 1.06 bits per heavy atom. The van der Waals surface area contributed by atoms with Crippen molar-refractivity contribution < 1.29 is 4.74 Å². The molecule has 4 aromatic rings. The number of methoxy groups -OCH3 is 1. The number of ether oxygens (including phenoxy) is 1. The first-order chi connectivity index (χ1) is 16.6. The molecule has 5 rings (SSSR count). The van der Waals surface area contributed by atoms with E-state index in [4.69, 9.17) is 16.3 Å². The summed E-state index contributed by atoms with van der Waals surface area (Å²) in [5.74, 6) is 1.19. The molecule has 8 nitrogen and oxygen atoms in total. The number of likely N-dealkylation sites (N-methyl/N-ethyl adjacent to an activating group) is 1. The summed E-state index contributed by atoms with van der Waals surface area (Å²) < 4.78 is 7.64. The highest BCUT2D eigenvalue weighted by Crippen LogP contribution is 2.31. The topological polar surface area (TPSA) is 70.8 Å². The van der Waals surface area contributed by atoms with E-state index in [1.165, 1.54) is 12.0 Å². The lowest BCUT2D eigenvalue weighted by molar-refractivity contribution is 0.269. The first-order valence-corrected chi connectivity index (χ1v) is 11.8. The third-order valence-corrected chi connectivity index (χ3v) is 6.41. The summed E-state index contributed by atoms with van der Waals surface area (Å²) in [6.45, 7) is 5.33. The van der Waals surface area contributed by atoms with E-state index in [0.717, 1.165) is 55.5 Å². The molecule has 0 unspecified atom stereocenters. The highest BCUT2D eigenvalue weighted by molar-refractivity contribution is 6.32. The molecule has 9 heteroatoms. The zero-order chi connectivity index (χ0) is 23.5. The number of nitrogens with one attached hydrogen (secondary N) is 1. The second-order valence-electron chi connectivity index (χ2n) is 8.56. The molecule has 4 heterocycles. The second-order valence-corrected chi connectivity index (χ2v) is 8.96. The fraction of sp³-hybridized carbons (Fsp3) is 0.320. The number of halogens is 1. The van der Waals surface area contributed by atoms with Crippen molar-refractivity contribution in [2.24, 2.45) is 0 Å². The van der Waals surface area contributed by atoms with Crippen molar-refractivity contribution in [3.05, 3.63) is 65.6 Å². The standard InChI is InChI=1S/C25H28ClN7O/c1-31-9-5-10-32(13-12-31)17-18-7-8-20(22(14-18)34-2)29-25-28-15-19(26)24(30-25)21-16-27-23-6-3-4-11-33(21)23/h3-4,6-8,11,14-16H,5,9-10,12-13,17H2,1-2H3,(H,28,29,30). The van der Waals surface area contributed by atoms with Crippen LogP contribution in [0.4, 0.5) is 11.6 Å². The number of hydrogen-bond acceptors (Lipinski definition) is 7. The van der Waals surface area contributed by atoms with Crippen molar-refractivity contribution in [1.29, 1.82) is 0 Å². The molecule has 0 aliphatic carbocycles. The lowest BCUT2D eigenvalue weighted by Crippen LogP contribution is -2.28. The fourth-order valence-corrected chi connectivity index (χ4v) is 4.48. The summed E-state index contributed by atoms with van der Waals surface area (Å²) >= 11 is 6.46. The molecular weight excluding hydrogens is 450 g/mol. The summed E-state index contributed by atoms with van der Waals surface area (Å²) in [6, 6.07) is 12.1. The Hall–Kier alpha value is -3.20. The average Bonchev–Trinajstić information content (AvgIpc) is 3.17. The van der Waals surface area contributed by atoms with E-state index in [1.54, 1.807) is 19.5 Å². The maximum Gasteiger partial charge on any atom is 0.227 e. The summed E-state index contributed by atoms with van der Waals surface area (Å²) in [5.41, 5.74) is 4.26. The minimum absolute atomic E-state index is 0.437. The van der Waals surface area contributed by atoms with Gasteiger partial charge in [-0.3, -0.25) is 9.30 Å². The van der Waals surface area contributed by atoms with Gasteiger partial charge in [0.05, 0.1) is 35.9 Å². The van der Waals surface area contributed by atoms with Gasteiger partial charge in [-0.05, 0) is 56.4 Å². The molecule has 3 aromatic heterocycles. The van der Waals surface area contributed by atoms with Gasteiger partial charge in [-0.1, -0.05) is 23.7 Å². The Morgan fingerprint density at radius 2 is 1.97 bits per heavy atom. The quantitative estimate of drug-likeness (QED) is 0.443. The fourth-order valence-electron chi connectivity index (χ4n) is 4.29. The molecule has 0 saturated carbocycles. The number of nitrogens with zero attached hydrogens (tertiary/aromatic N) is 6. The van der Waals surface area contributed by atoms with E-state index >= 15 is 0 Å². The largest absolute Gasteiger partial charge is 0.495 e. The monoisotopic (exact) mass is 477 g/mol. The molecular formula is C25H28ClN7O. The first kappa shape index (κ1) is 22.6. The normalized spacial score (nSPS) is 15.4. The molecule has 0 bridgehead atoms. The van der Waals surface area contributed by atoms with Crippen LogP contribution >= 0.6 is 11.6 Å². The van der Waals surface area contributed by atoms with Gasteiger partial charge in [-0.25, -0.2) is 15.0 Å². The molecule has 0 atom stereocenters. The number of benzene rings is 1. The number of anilines is 2. The van der Waals surface area contributed by atoms with Crippen molar-refractivity contribution in [2.45, 2.75) is 13.0 Å². The highest BCUT2D eigenvalue weighted by Gasteiger charge is 2.16. The van der Waals surface area contributed by atoms with Gasteiger partial charge in [-0.15, -0.1) is 0 Å². The number of fused-ring (bicyclic) bond motifs is 1. The molecule has 1 N–H and O–H groups in total. The summed E-state index contributed by atoms with van der Waals surface area (Å²) in [4.78, 5) is 18.4. The number of imidazole rings is 1. The maximum atomic E-state index is 6.46. The predicted molar refractivity (Wildman–Crippen MR) is 135 cm³/mol. The zero-order valence-corrected chi connectivity index (χ0v) is 20.2. The summed E-state index contributed by atoms with van der Waals surface area (Å²) in [5, 5.41) is 3.75. The van der Waals surface area contributed by atoms with Crippen molar-refractivity contribution in [1.82, 2.24) is 29.2 Å². The van der Waals surface area contributed by atoms with Crippen LogP contribution in [0.1, 0.15) is 12.0 Å². The Morgan fingerprint density at radius 3 is 2.85 bits per heavy atom. The molecule has 1 aliphatic heterocycles. The van der Waals surface area contributed by atoms with Gasteiger partial charge in [-0.2, -0.15) is 0 Å². The van der Waals surface area contributed by atoms with E-state index in [2.05, 4.69) is 49.2 Å². The zero-order valence-electron chi connectivity index (χ0n) is 19.4. The minimum Gasteiger partial charge on any atom is -0.495 e. The molecule has 0 spiro atoms. The van der Waals surface area contributed by atoms with Crippen LogP contribution in [0.25, 0.3) is 17.0 Å². The third-order valence-electron chi connectivity index (χ3n) is 6.13. The van der Waals surface area contributed by atoms with E-state index in [9.17, 15) is 0 Å². The van der Waals surface area contributed by atoms with Crippen molar-refractivity contribution in [2.75, 3.05) is 45.7 Å². The Bertz CT molecular complexity index is 1290. The van der Waals surface area contributed by atoms with E-state index in [-0.39, 0.29) is 0 Å². The van der Waals surface area contributed by atoms with Crippen LogP contribution < -0.4 is 10.1 Å². The smallest absolute Gasteiger partial charge is 0.227 e. The Kier molecular flexibility index (Phi) is 6.62. The van der Waals surface area contributed by atoms with Crippen LogP contribution in [0.3, 0.4) is 0 Å². The highest BCUT2D eigenvalue weighted by atomic mass is 35.5. The van der Waals surface area contributed by atoms with Gasteiger partial charge in [0.2, 0.25) is 5.95 Å². The first-order valence-electron chi connectivity index (χ1n) is 11.4. The summed E-state index contributed by atoms with van der Waals surface area (Å²) in [7, 11) is 3.87. The number of hydrogen-bond donors (Lipinski definition) is 1. The van der Waals surface area contributed by atoms with Gasteiger partial charge in [0.25, 0.3) is 0 Å². The lowest BCUT2D eigenvalue weighted by Gasteiger charge is -2.21. The Labute approximate surface area is 204 Å². The van der Waals surface area contributed by atoms with Crippen LogP contribution in [0.2, 0.25) is 5.02 Å². The molecule has 34 heavy (non-hydrogen) atoms. The molecule has 1 aliphatic rings. The third kappa shape index (κ3) is 4.84. The average molecular weight is 478 g/mol. The number of pyridine rings is 1. The molecule has 176 valence electrons. The second kappa shape index (κ2) is 9.97. The van der Waals surface area contributed by atoms with Crippen molar-refractivity contribution in [3.63, 3.8) is 0 Å². The van der Waals surface area contributed by atoms with E-state index in [0.29, 0.717) is 16.7 Å². The van der Waals surface area contributed by atoms with Crippen LogP contribution in [0.5, 0.6) is 5.75 Å². The van der Waals surface area contributed by atoms with Crippen LogP contribution in [-0.4, -0.2) is 69.5 Å². The molecule has 0 radical (unpaired) electrons. The maximum absolute atomic E-state index is 6.46. The molecule has 0 amide bonds. The van der Waals surface area contributed by atoms with Gasteiger partial charge >= 0.3 is 0 Å². The predicted octanol–water partition coefficient (Wildman–Crippen LogP) is 4.33. The van der Waals surface area contributed by atoms with Crippen LogP contribution in [-0.2, 0) is 6.54 Å². The SMILES string of the molecule is COc1cc(CN2CCCN(C)CC2)ccc1Nc1ncc(Cl)c(-c2cnc3ccccn23)n1. The molecule has 1 aromatic carbocycles. The van der Waals surface area contributed by atoms with Crippen molar-refractivity contribution in [3.8, 4) is 17.1 Å². The van der Waals surface area contributed by atoms with Crippen molar-refractivity contribution >= 4 is 28.9 Å². The summed E-state index contributed by atoms with van der Waals surface area (Å²) in [6.07, 6.45) is 6.50. The van der Waals surface area contributed by atoms with E-state index < -0.39 is 0 Å². The Balaban J connectivity index is 1.37. The minimum atomic E-state index is 0.437. The molecule has 1 saturated heterocycles. The van der Waals surface area contributed by atoms with Gasteiger partial charge in [0, 0.05) is 25.8 Å². The number of rotatable bonds is 6. The van der Waals surface area contributed by atoms with E-state index in [1.807, 2.05) is 34.9 Å². The lowest BCUT2D eigenvalue weighted by atomic mass is 10.1. The van der Waals surface area contributed by atoms with Gasteiger partial charge in [0.15, 0.2) is 0 Å². The number of aromatic nitrogens is 4. The molecule has 1 fully saturated rings. The van der Waals surface area contributed by atoms with Crippen LogP contribution in [0, 0.1) is 0 Å². The van der Waals surface area contributed by atoms with Gasteiger partial charge in [0.1, 0.15) is 17.1 Å². The van der Waals surface area contributed by atoms with Gasteiger partial charge < -0.3 is 15.0 Å². The van der Waals surface area contributed by atoms with Crippen LogP contribution in [0.15, 0.2) is 55.0 Å².